The number of fused-ring (bicyclic) bond motifs is 1. The highest BCUT2D eigenvalue weighted by Gasteiger charge is 2.37. The van der Waals surface area contributed by atoms with Gasteiger partial charge in [0.05, 0.1) is 12.5 Å². The van der Waals surface area contributed by atoms with Gasteiger partial charge in [-0.1, -0.05) is 24.3 Å². The molecule has 15 heavy (non-hydrogen) atoms. The van der Waals surface area contributed by atoms with E-state index >= 15 is 0 Å². The molecule has 1 aromatic carbocycles. The summed E-state index contributed by atoms with van der Waals surface area (Å²) in [5.74, 6) is -0.0861. The van der Waals surface area contributed by atoms with Crippen molar-refractivity contribution in [1.82, 2.24) is 0 Å². The average Bonchev–Trinajstić information content (AvgIpc) is 2.27. The van der Waals surface area contributed by atoms with E-state index in [4.69, 9.17) is 4.74 Å². The Balaban J connectivity index is 2.28. The van der Waals surface area contributed by atoms with Crippen LogP contribution in [0.25, 0.3) is 0 Å². The number of rotatable bonds is 1. The van der Waals surface area contributed by atoms with Gasteiger partial charge >= 0.3 is 5.97 Å². The summed E-state index contributed by atoms with van der Waals surface area (Å²) in [6, 6.07) is 8.34. The van der Waals surface area contributed by atoms with Crippen LogP contribution in [0.3, 0.4) is 0 Å². The van der Waals surface area contributed by atoms with Crippen molar-refractivity contribution < 1.29 is 9.53 Å². The molecule has 0 aromatic heterocycles. The molecule has 0 spiro atoms. The second-order valence-electron chi connectivity index (χ2n) is 4.50. The molecule has 1 aliphatic rings. The van der Waals surface area contributed by atoms with Crippen molar-refractivity contribution in [2.24, 2.45) is 5.41 Å². The fourth-order valence-electron chi connectivity index (χ4n) is 2.31. The molecule has 2 heteroatoms. The molecule has 0 radical (unpaired) electrons. The first-order valence-corrected chi connectivity index (χ1v) is 5.31. The molecule has 0 unspecified atom stereocenters. The van der Waals surface area contributed by atoms with Gasteiger partial charge in [0, 0.05) is 0 Å². The molecule has 1 aliphatic carbocycles. The summed E-state index contributed by atoms with van der Waals surface area (Å²) in [4.78, 5) is 11.7. The van der Waals surface area contributed by atoms with Crippen LogP contribution >= 0.6 is 0 Å². The van der Waals surface area contributed by atoms with Crippen LogP contribution in [-0.2, 0) is 22.4 Å². The maximum Gasteiger partial charge on any atom is 0.311 e. The van der Waals surface area contributed by atoms with E-state index in [1.165, 1.54) is 18.2 Å². The molecule has 0 aliphatic heterocycles. The van der Waals surface area contributed by atoms with Crippen molar-refractivity contribution in [3.8, 4) is 0 Å². The number of methoxy groups -OCH3 is 1. The molecule has 0 amide bonds. The maximum atomic E-state index is 11.7. The van der Waals surface area contributed by atoms with E-state index in [1.54, 1.807) is 0 Å². The molecule has 0 saturated carbocycles. The van der Waals surface area contributed by atoms with Gasteiger partial charge in [0.1, 0.15) is 0 Å². The summed E-state index contributed by atoms with van der Waals surface area (Å²) in [6.45, 7) is 1.99. The summed E-state index contributed by atoms with van der Waals surface area (Å²) in [5, 5.41) is 0. The van der Waals surface area contributed by atoms with Gasteiger partial charge in [-0.05, 0) is 37.3 Å². The van der Waals surface area contributed by atoms with Gasteiger partial charge in [0.15, 0.2) is 0 Å². The zero-order chi connectivity index (χ0) is 10.9. The molecule has 80 valence electrons. The van der Waals surface area contributed by atoms with Crippen LogP contribution in [-0.4, -0.2) is 13.1 Å². The Labute approximate surface area is 90.3 Å². The smallest absolute Gasteiger partial charge is 0.311 e. The molecule has 0 bridgehead atoms. The van der Waals surface area contributed by atoms with Gasteiger partial charge in [-0.15, -0.1) is 0 Å². The molecule has 1 aromatic rings. The number of hydrogen-bond donors (Lipinski definition) is 0. The van der Waals surface area contributed by atoms with Crippen LogP contribution in [0.5, 0.6) is 0 Å². The molecule has 0 heterocycles. The third-order valence-corrected chi connectivity index (χ3v) is 3.32. The fraction of sp³-hybridized carbons (Fsp3) is 0.462. The predicted molar refractivity (Wildman–Crippen MR) is 58.6 cm³/mol. The van der Waals surface area contributed by atoms with Crippen LogP contribution in [0, 0.1) is 5.41 Å². The molecule has 1 atom stereocenters. The minimum Gasteiger partial charge on any atom is -0.469 e. The molecule has 0 saturated heterocycles. The van der Waals surface area contributed by atoms with Crippen molar-refractivity contribution in [3.05, 3.63) is 35.4 Å². The number of esters is 1. The molecule has 0 N–H and O–H groups in total. The quantitative estimate of drug-likeness (QED) is 0.656. The Morgan fingerprint density at radius 3 is 2.67 bits per heavy atom. The van der Waals surface area contributed by atoms with Gasteiger partial charge < -0.3 is 4.74 Å². The van der Waals surface area contributed by atoms with Crippen molar-refractivity contribution in [2.45, 2.75) is 26.2 Å². The van der Waals surface area contributed by atoms with Gasteiger partial charge in [-0.3, -0.25) is 4.79 Å². The molecular formula is C13H16O2. The summed E-state index contributed by atoms with van der Waals surface area (Å²) in [7, 11) is 1.47. The second kappa shape index (κ2) is 3.69. The highest BCUT2D eigenvalue weighted by atomic mass is 16.5. The van der Waals surface area contributed by atoms with Crippen molar-refractivity contribution >= 4 is 5.97 Å². The van der Waals surface area contributed by atoms with E-state index < -0.39 is 0 Å². The summed E-state index contributed by atoms with van der Waals surface area (Å²) >= 11 is 0. The summed E-state index contributed by atoms with van der Waals surface area (Å²) < 4.78 is 4.87. The largest absolute Gasteiger partial charge is 0.469 e. The van der Waals surface area contributed by atoms with E-state index in [0.717, 1.165) is 19.3 Å². The second-order valence-corrected chi connectivity index (χ2v) is 4.50. The van der Waals surface area contributed by atoms with Crippen LogP contribution in [0.1, 0.15) is 24.5 Å². The van der Waals surface area contributed by atoms with Gasteiger partial charge in [-0.2, -0.15) is 0 Å². The first-order valence-electron chi connectivity index (χ1n) is 5.31. The van der Waals surface area contributed by atoms with Crippen LogP contribution in [0.2, 0.25) is 0 Å². The van der Waals surface area contributed by atoms with Crippen LogP contribution in [0.15, 0.2) is 24.3 Å². The average molecular weight is 204 g/mol. The lowest BCUT2D eigenvalue weighted by Gasteiger charge is -2.32. The highest BCUT2D eigenvalue weighted by Crippen LogP contribution is 2.35. The summed E-state index contributed by atoms with van der Waals surface area (Å²) in [5.41, 5.74) is 2.33. The SMILES string of the molecule is COC(=O)[C@@]1(C)CCc2ccccc2C1. The Kier molecular flexibility index (Phi) is 2.51. The zero-order valence-electron chi connectivity index (χ0n) is 9.25. The molecule has 0 fully saturated rings. The Hall–Kier alpha value is -1.31. The van der Waals surface area contributed by atoms with E-state index in [-0.39, 0.29) is 11.4 Å². The Morgan fingerprint density at radius 1 is 1.33 bits per heavy atom. The highest BCUT2D eigenvalue weighted by molar-refractivity contribution is 5.77. The van der Waals surface area contributed by atoms with Gasteiger partial charge in [0.2, 0.25) is 0 Å². The summed E-state index contributed by atoms with van der Waals surface area (Å²) in [6.07, 6.45) is 2.66. The van der Waals surface area contributed by atoms with E-state index in [1.807, 2.05) is 13.0 Å². The maximum absolute atomic E-state index is 11.7. The van der Waals surface area contributed by atoms with Crippen molar-refractivity contribution in [2.75, 3.05) is 7.11 Å². The number of carbonyl (C=O) groups is 1. The number of aryl methyl sites for hydroxylation is 1. The number of carbonyl (C=O) groups excluding carboxylic acids is 1. The fourth-order valence-corrected chi connectivity index (χ4v) is 2.31. The van der Waals surface area contributed by atoms with E-state index in [9.17, 15) is 4.79 Å². The van der Waals surface area contributed by atoms with Gasteiger partial charge in [0.25, 0.3) is 0 Å². The van der Waals surface area contributed by atoms with Gasteiger partial charge in [-0.25, -0.2) is 0 Å². The third kappa shape index (κ3) is 1.76. The molecule has 2 rings (SSSR count). The van der Waals surface area contributed by atoms with Crippen molar-refractivity contribution in [1.29, 1.82) is 0 Å². The lowest BCUT2D eigenvalue weighted by Crippen LogP contribution is -2.35. The topological polar surface area (TPSA) is 26.3 Å². The number of benzene rings is 1. The first-order chi connectivity index (χ1) is 7.15. The van der Waals surface area contributed by atoms with Crippen molar-refractivity contribution in [3.63, 3.8) is 0 Å². The zero-order valence-corrected chi connectivity index (χ0v) is 9.25. The molecular weight excluding hydrogens is 188 g/mol. The lowest BCUT2D eigenvalue weighted by molar-refractivity contribution is -0.152. The minimum atomic E-state index is -0.330. The normalized spacial score (nSPS) is 24.4. The van der Waals surface area contributed by atoms with E-state index in [0.29, 0.717) is 0 Å². The van der Waals surface area contributed by atoms with Crippen LogP contribution in [0.4, 0.5) is 0 Å². The predicted octanol–water partition coefficient (Wildman–Crippen LogP) is 2.35. The van der Waals surface area contributed by atoms with E-state index in [2.05, 4.69) is 18.2 Å². The first kappa shape index (κ1) is 10.2. The molecule has 2 nitrogen and oxygen atoms in total. The standard InChI is InChI=1S/C13H16O2/c1-13(12(14)15-2)8-7-10-5-3-4-6-11(10)9-13/h3-6H,7-9H2,1-2H3/t13-/m0/s1. The number of ether oxygens (including phenoxy) is 1. The monoisotopic (exact) mass is 204 g/mol. The van der Waals surface area contributed by atoms with Crippen LogP contribution < -0.4 is 0 Å². The number of hydrogen-bond acceptors (Lipinski definition) is 2. The minimum absolute atomic E-state index is 0.0861. The third-order valence-electron chi connectivity index (χ3n) is 3.32. The Bertz CT molecular complexity index is 384. The lowest BCUT2D eigenvalue weighted by atomic mass is 9.73. The Morgan fingerprint density at radius 2 is 2.00 bits per heavy atom.